The summed E-state index contributed by atoms with van der Waals surface area (Å²) in [4.78, 5) is 15.4. The number of hydrogen-bond donors (Lipinski definition) is 0. The summed E-state index contributed by atoms with van der Waals surface area (Å²) in [5.74, 6) is 0.213. The van der Waals surface area contributed by atoms with Crippen molar-refractivity contribution in [3.05, 3.63) is 35.9 Å². The zero-order valence-corrected chi connectivity index (χ0v) is 29.3. The maximum Gasteiger partial charge on any atom is 0.253 e. The summed E-state index contributed by atoms with van der Waals surface area (Å²) in [6, 6.07) is 10.6. The number of nitrogens with zero attached hydrogens (tertiary/aromatic N) is 1. The van der Waals surface area contributed by atoms with E-state index in [0.29, 0.717) is 0 Å². The van der Waals surface area contributed by atoms with Crippen molar-refractivity contribution in [1.82, 2.24) is 4.90 Å². The van der Waals surface area contributed by atoms with E-state index in [2.05, 4.69) is 24.8 Å². The molecule has 0 N–H and O–H groups in total. The molecule has 0 heterocycles. The number of benzene rings is 1. The van der Waals surface area contributed by atoms with Crippen LogP contribution in [0, 0.1) is 6.07 Å². The van der Waals surface area contributed by atoms with Gasteiger partial charge >= 0.3 is 0 Å². The average molecular weight is 597 g/mol. The van der Waals surface area contributed by atoms with Gasteiger partial charge in [0.05, 0.1) is 0 Å². The fraction of sp³-hybridized carbons (Fsp3) is 0.829. The molecule has 0 aromatic heterocycles. The predicted molar refractivity (Wildman–Crippen MR) is 191 cm³/mol. The van der Waals surface area contributed by atoms with Crippen molar-refractivity contribution in [2.24, 2.45) is 0 Å². The van der Waals surface area contributed by atoms with Gasteiger partial charge in [-0.2, -0.15) is 0 Å². The van der Waals surface area contributed by atoms with Crippen LogP contribution in [0.25, 0.3) is 0 Å². The van der Waals surface area contributed by atoms with E-state index in [4.69, 9.17) is 0 Å². The minimum absolute atomic E-state index is 0.213. The smallest absolute Gasteiger partial charge is 0.253 e. The van der Waals surface area contributed by atoms with Gasteiger partial charge in [0.25, 0.3) is 5.91 Å². The molecule has 1 amide bonds. The van der Waals surface area contributed by atoms with Crippen LogP contribution >= 0.6 is 0 Å². The molecule has 249 valence electrons. The van der Waals surface area contributed by atoms with E-state index < -0.39 is 0 Å². The Morgan fingerprint density at radius 1 is 0.442 bits per heavy atom. The van der Waals surface area contributed by atoms with Crippen LogP contribution in [-0.4, -0.2) is 23.9 Å². The van der Waals surface area contributed by atoms with Crippen molar-refractivity contribution in [1.29, 1.82) is 0 Å². The van der Waals surface area contributed by atoms with E-state index in [1.54, 1.807) is 0 Å². The first-order valence-corrected chi connectivity index (χ1v) is 19.5. The Morgan fingerprint density at radius 2 is 0.698 bits per heavy atom. The highest BCUT2D eigenvalue weighted by Crippen LogP contribution is 2.16. The standard InChI is InChI=1S/C41H74NO/c1-3-5-7-9-11-13-15-17-19-21-23-25-27-29-34-38-42(41(43)40-36-32-31-33-37-40)39-35-30-28-26-24-22-20-18-16-14-12-10-8-6-4-2/h32-33,36-37H,3-30,34-35,38-39H2,1-2H3. The summed E-state index contributed by atoms with van der Waals surface area (Å²) in [5, 5.41) is 0. The van der Waals surface area contributed by atoms with Crippen LogP contribution in [0.15, 0.2) is 24.3 Å². The van der Waals surface area contributed by atoms with Crippen molar-refractivity contribution >= 4 is 5.91 Å². The average Bonchev–Trinajstić information content (AvgIpc) is 3.03. The largest absolute Gasteiger partial charge is 0.339 e. The van der Waals surface area contributed by atoms with Crippen LogP contribution < -0.4 is 0 Å². The zero-order chi connectivity index (χ0) is 30.9. The van der Waals surface area contributed by atoms with Crippen molar-refractivity contribution < 1.29 is 4.79 Å². The number of amides is 1. The minimum atomic E-state index is 0.213. The highest BCUT2D eigenvalue weighted by molar-refractivity contribution is 5.94. The maximum absolute atomic E-state index is 13.2. The fourth-order valence-electron chi connectivity index (χ4n) is 6.37. The van der Waals surface area contributed by atoms with Crippen molar-refractivity contribution in [3.63, 3.8) is 0 Å². The molecule has 2 heteroatoms. The SMILES string of the molecule is CCCCCCCCCCCCCCCCCN(CCCCCCCCCCCCCCCCC)C(=O)c1cc[c]cc1. The Kier molecular flexibility index (Phi) is 29.6. The highest BCUT2D eigenvalue weighted by Gasteiger charge is 2.14. The second-order valence-corrected chi connectivity index (χ2v) is 13.5. The van der Waals surface area contributed by atoms with Crippen LogP contribution in [0.1, 0.15) is 217 Å². The lowest BCUT2D eigenvalue weighted by atomic mass is 10.0. The second-order valence-electron chi connectivity index (χ2n) is 13.5. The number of unbranched alkanes of at least 4 members (excludes halogenated alkanes) is 28. The molecule has 0 aliphatic heterocycles. The van der Waals surface area contributed by atoms with Gasteiger partial charge in [-0.25, -0.2) is 0 Å². The molecule has 1 aromatic rings. The van der Waals surface area contributed by atoms with Gasteiger partial charge in [-0.1, -0.05) is 206 Å². The maximum atomic E-state index is 13.2. The molecule has 0 aliphatic carbocycles. The molecule has 0 atom stereocenters. The van der Waals surface area contributed by atoms with E-state index in [9.17, 15) is 4.79 Å². The molecule has 43 heavy (non-hydrogen) atoms. The van der Waals surface area contributed by atoms with Crippen LogP contribution in [0.2, 0.25) is 0 Å². The second kappa shape index (κ2) is 32.1. The van der Waals surface area contributed by atoms with Crippen molar-refractivity contribution in [2.75, 3.05) is 13.1 Å². The lowest BCUT2D eigenvalue weighted by molar-refractivity contribution is 0.0749. The van der Waals surface area contributed by atoms with Gasteiger partial charge in [0, 0.05) is 18.7 Å². The van der Waals surface area contributed by atoms with Gasteiger partial charge in [-0.15, -0.1) is 0 Å². The molecule has 1 aromatic carbocycles. The van der Waals surface area contributed by atoms with Crippen LogP contribution in [-0.2, 0) is 0 Å². The van der Waals surface area contributed by atoms with Crippen LogP contribution in [0.3, 0.4) is 0 Å². The van der Waals surface area contributed by atoms with E-state index in [0.717, 1.165) is 31.5 Å². The third-order valence-corrected chi connectivity index (χ3v) is 9.32. The molecule has 0 unspecified atom stereocenters. The quantitative estimate of drug-likeness (QED) is 0.0739. The Bertz CT molecular complexity index is 652. The molecular formula is C41H74NO. The molecule has 0 fully saturated rings. The summed E-state index contributed by atoms with van der Waals surface area (Å²) >= 11 is 0. The number of carbonyl (C=O) groups excluding carboxylic acids is 1. The van der Waals surface area contributed by atoms with Gasteiger partial charge in [-0.05, 0) is 31.0 Å². The molecular weight excluding hydrogens is 522 g/mol. The van der Waals surface area contributed by atoms with Gasteiger partial charge in [0.1, 0.15) is 0 Å². The molecule has 1 rings (SSSR count). The third kappa shape index (κ3) is 25.7. The molecule has 0 aliphatic rings. The lowest BCUT2D eigenvalue weighted by Gasteiger charge is -2.23. The number of carbonyl (C=O) groups is 1. The zero-order valence-electron chi connectivity index (χ0n) is 29.3. The molecule has 0 spiro atoms. The third-order valence-electron chi connectivity index (χ3n) is 9.32. The predicted octanol–water partition coefficient (Wildman–Crippen LogP) is 13.7. The first-order chi connectivity index (χ1) is 21.3. The molecule has 1 radical (unpaired) electrons. The Labute approximate surface area is 270 Å². The van der Waals surface area contributed by atoms with Gasteiger partial charge in [0.15, 0.2) is 0 Å². The molecule has 0 saturated carbocycles. The van der Waals surface area contributed by atoms with E-state index in [1.807, 2.05) is 24.3 Å². The van der Waals surface area contributed by atoms with E-state index in [1.165, 1.54) is 180 Å². The van der Waals surface area contributed by atoms with Crippen LogP contribution in [0.4, 0.5) is 0 Å². The van der Waals surface area contributed by atoms with Crippen molar-refractivity contribution in [3.8, 4) is 0 Å². The molecule has 2 nitrogen and oxygen atoms in total. The van der Waals surface area contributed by atoms with Crippen molar-refractivity contribution in [2.45, 2.75) is 206 Å². The Hall–Kier alpha value is -1.31. The van der Waals surface area contributed by atoms with E-state index in [-0.39, 0.29) is 5.91 Å². The Balaban J connectivity index is 2.07. The fourth-order valence-corrected chi connectivity index (χ4v) is 6.37. The first kappa shape index (κ1) is 39.7. The molecule has 0 saturated heterocycles. The summed E-state index contributed by atoms with van der Waals surface area (Å²) in [6.45, 7) is 6.41. The number of hydrogen-bond acceptors (Lipinski definition) is 1. The van der Waals surface area contributed by atoms with Gasteiger partial charge in [0.2, 0.25) is 0 Å². The Morgan fingerprint density at radius 3 is 0.977 bits per heavy atom. The monoisotopic (exact) mass is 597 g/mol. The summed E-state index contributed by atoms with van der Waals surface area (Å²) in [5.41, 5.74) is 0.820. The minimum Gasteiger partial charge on any atom is -0.339 e. The summed E-state index contributed by atoms with van der Waals surface area (Å²) in [6.07, 6.45) is 41.4. The highest BCUT2D eigenvalue weighted by atomic mass is 16.2. The summed E-state index contributed by atoms with van der Waals surface area (Å²) in [7, 11) is 0. The summed E-state index contributed by atoms with van der Waals surface area (Å²) < 4.78 is 0. The number of rotatable bonds is 33. The first-order valence-electron chi connectivity index (χ1n) is 19.5. The molecule has 0 bridgehead atoms. The normalized spacial score (nSPS) is 11.3. The van der Waals surface area contributed by atoms with E-state index >= 15 is 0 Å². The topological polar surface area (TPSA) is 20.3 Å². The van der Waals surface area contributed by atoms with Gasteiger partial charge < -0.3 is 4.90 Å². The van der Waals surface area contributed by atoms with Crippen LogP contribution in [0.5, 0.6) is 0 Å². The lowest BCUT2D eigenvalue weighted by Crippen LogP contribution is -2.33. The van der Waals surface area contributed by atoms with Gasteiger partial charge in [-0.3, -0.25) is 4.79 Å².